The lowest BCUT2D eigenvalue weighted by molar-refractivity contribution is 0.0919. The molecule has 0 radical (unpaired) electrons. The average molecular weight is 449 g/mol. The number of nitrogens with zero attached hydrogens (tertiary/aromatic N) is 1. The van der Waals surface area contributed by atoms with E-state index in [1.807, 2.05) is 54.6 Å². The van der Waals surface area contributed by atoms with Crippen molar-refractivity contribution in [2.75, 3.05) is 18.4 Å². The maximum atomic E-state index is 12.3. The number of benzene rings is 2. The molecular weight excluding hydrogens is 429 g/mol. The molecule has 1 fully saturated rings. The topological polar surface area (TPSA) is 61.4 Å². The highest BCUT2D eigenvalue weighted by Gasteiger charge is 2.24. The van der Waals surface area contributed by atoms with Crippen molar-refractivity contribution in [2.45, 2.75) is 18.9 Å². The molecule has 6 heteroatoms. The monoisotopic (exact) mass is 449 g/mol. The Morgan fingerprint density at radius 1 is 0.960 bits per heavy atom. The van der Waals surface area contributed by atoms with Gasteiger partial charge in [0.2, 0.25) is 0 Å². The number of piperidine rings is 1. The molecule has 3 amide bonds. The van der Waals surface area contributed by atoms with E-state index in [2.05, 4.69) is 33.2 Å². The number of hydrogen-bond donors (Lipinski definition) is 2. The second-order valence-corrected chi connectivity index (χ2v) is 7.28. The van der Waals surface area contributed by atoms with Gasteiger partial charge in [0, 0.05) is 34.0 Å². The van der Waals surface area contributed by atoms with Gasteiger partial charge in [-0.25, -0.2) is 4.79 Å². The molecule has 0 spiro atoms. The summed E-state index contributed by atoms with van der Waals surface area (Å²) in [6, 6.07) is 17.0. The highest BCUT2D eigenvalue weighted by Crippen LogP contribution is 2.14. The van der Waals surface area contributed by atoms with Crippen molar-refractivity contribution in [3.63, 3.8) is 0 Å². The second kappa shape index (κ2) is 8.33. The minimum Gasteiger partial charge on any atom is -0.349 e. The molecule has 5 nitrogen and oxygen atoms in total. The molecule has 1 aliphatic rings. The number of urea groups is 1. The van der Waals surface area contributed by atoms with Gasteiger partial charge in [0.1, 0.15) is 0 Å². The molecule has 1 saturated heterocycles. The van der Waals surface area contributed by atoms with Crippen molar-refractivity contribution in [3.05, 3.63) is 63.7 Å². The first kappa shape index (κ1) is 17.7. The Kier molecular flexibility index (Phi) is 5.91. The summed E-state index contributed by atoms with van der Waals surface area (Å²) >= 11 is 2.22. The minimum absolute atomic E-state index is 0.0522. The van der Waals surface area contributed by atoms with Gasteiger partial charge >= 0.3 is 6.03 Å². The lowest BCUT2D eigenvalue weighted by Crippen LogP contribution is -2.47. The van der Waals surface area contributed by atoms with Crippen LogP contribution in [0.2, 0.25) is 0 Å². The van der Waals surface area contributed by atoms with Gasteiger partial charge < -0.3 is 15.5 Å². The standard InChI is InChI=1S/C19H20IN3O2/c20-15-8-6-14(7-9-15)18(24)21-17-10-12-23(13-11-17)19(25)22-16-4-2-1-3-5-16/h1-9,17H,10-13H2,(H,21,24)(H,22,25). The predicted molar refractivity (Wildman–Crippen MR) is 107 cm³/mol. The molecule has 0 aliphatic carbocycles. The number of nitrogens with one attached hydrogen (secondary N) is 2. The summed E-state index contributed by atoms with van der Waals surface area (Å²) in [7, 11) is 0. The van der Waals surface area contributed by atoms with Crippen LogP contribution in [0, 0.1) is 3.57 Å². The Bertz CT molecular complexity index is 726. The molecular formula is C19H20IN3O2. The molecule has 0 atom stereocenters. The van der Waals surface area contributed by atoms with Crippen LogP contribution in [0.1, 0.15) is 23.2 Å². The maximum absolute atomic E-state index is 12.3. The van der Waals surface area contributed by atoms with E-state index in [1.54, 1.807) is 4.90 Å². The number of carbonyl (C=O) groups excluding carboxylic acids is 2. The molecule has 0 unspecified atom stereocenters. The minimum atomic E-state index is -0.0892. The summed E-state index contributed by atoms with van der Waals surface area (Å²) in [5.41, 5.74) is 1.46. The van der Waals surface area contributed by atoms with E-state index in [-0.39, 0.29) is 18.0 Å². The molecule has 25 heavy (non-hydrogen) atoms. The Morgan fingerprint density at radius 3 is 2.24 bits per heavy atom. The van der Waals surface area contributed by atoms with Crippen molar-refractivity contribution in [1.82, 2.24) is 10.2 Å². The zero-order chi connectivity index (χ0) is 17.6. The summed E-state index contributed by atoms with van der Waals surface area (Å²) in [5, 5.41) is 5.96. The number of carbonyl (C=O) groups is 2. The summed E-state index contributed by atoms with van der Waals surface area (Å²) in [6.07, 6.45) is 1.52. The predicted octanol–water partition coefficient (Wildman–Crippen LogP) is 3.72. The number of rotatable bonds is 3. The third-order valence-electron chi connectivity index (χ3n) is 4.25. The number of anilines is 1. The van der Waals surface area contributed by atoms with Crippen molar-refractivity contribution in [1.29, 1.82) is 0 Å². The van der Waals surface area contributed by atoms with E-state index in [1.165, 1.54) is 0 Å². The van der Waals surface area contributed by atoms with Crippen LogP contribution < -0.4 is 10.6 Å². The van der Waals surface area contributed by atoms with E-state index in [0.29, 0.717) is 18.7 Å². The fourth-order valence-corrected chi connectivity index (χ4v) is 3.18. The summed E-state index contributed by atoms with van der Waals surface area (Å²) < 4.78 is 1.10. The summed E-state index contributed by atoms with van der Waals surface area (Å²) in [4.78, 5) is 26.3. The van der Waals surface area contributed by atoms with Crippen LogP contribution in [0.15, 0.2) is 54.6 Å². The van der Waals surface area contributed by atoms with Crippen LogP contribution in [0.5, 0.6) is 0 Å². The van der Waals surface area contributed by atoms with Gasteiger partial charge in [0.25, 0.3) is 5.91 Å². The number of hydrogen-bond acceptors (Lipinski definition) is 2. The molecule has 2 aromatic rings. The first-order valence-corrected chi connectivity index (χ1v) is 9.37. The molecule has 2 aromatic carbocycles. The third kappa shape index (κ3) is 4.94. The fourth-order valence-electron chi connectivity index (χ4n) is 2.82. The zero-order valence-electron chi connectivity index (χ0n) is 13.7. The summed E-state index contributed by atoms with van der Waals surface area (Å²) in [6.45, 7) is 1.27. The van der Waals surface area contributed by atoms with E-state index >= 15 is 0 Å². The van der Waals surface area contributed by atoms with Crippen molar-refractivity contribution in [3.8, 4) is 0 Å². The molecule has 0 saturated carbocycles. The van der Waals surface area contributed by atoms with Crippen molar-refractivity contribution in [2.24, 2.45) is 0 Å². The van der Waals surface area contributed by atoms with Gasteiger partial charge in [-0.1, -0.05) is 18.2 Å². The first-order valence-electron chi connectivity index (χ1n) is 8.29. The van der Waals surface area contributed by atoms with E-state index in [4.69, 9.17) is 0 Å². The molecule has 0 bridgehead atoms. The van der Waals surface area contributed by atoms with Gasteiger partial charge in [-0.2, -0.15) is 0 Å². The smallest absolute Gasteiger partial charge is 0.321 e. The molecule has 1 aliphatic heterocycles. The van der Waals surface area contributed by atoms with E-state index in [9.17, 15) is 9.59 Å². The van der Waals surface area contributed by atoms with E-state index in [0.717, 1.165) is 22.1 Å². The first-order chi connectivity index (χ1) is 12.1. The summed E-state index contributed by atoms with van der Waals surface area (Å²) in [5.74, 6) is -0.0522. The highest BCUT2D eigenvalue weighted by atomic mass is 127. The fraction of sp³-hybridized carbons (Fsp3) is 0.263. The lowest BCUT2D eigenvalue weighted by Gasteiger charge is -2.32. The van der Waals surface area contributed by atoms with Crippen LogP contribution in [-0.2, 0) is 0 Å². The van der Waals surface area contributed by atoms with Gasteiger partial charge in [-0.3, -0.25) is 4.79 Å². The largest absolute Gasteiger partial charge is 0.349 e. The van der Waals surface area contributed by atoms with Crippen molar-refractivity contribution >= 4 is 40.2 Å². The SMILES string of the molecule is O=C(NC1CCN(C(=O)Nc2ccccc2)CC1)c1ccc(I)cc1. The Morgan fingerprint density at radius 2 is 1.60 bits per heavy atom. The second-order valence-electron chi connectivity index (χ2n) is 6.04. The molecule has 3 rings (SSSR count). The van der Waals surface area contributed by atoms with Crippen LogP contribution in [0.3, 0.4) is 0 Å². The molecule has 1 heterocycles. The Hall–Kier alpha value is -2.09. The molecule has 2 N–H and O–H groups in total. The zero-order valence-corrected chi connectivity index (χ0v) is 15.9. The number of likely N-dealkylation sites (tertiary alicyclic amines) is 1. The van der Waals surface area contributed by atoms with Gasteiger partial charge in [0.15, 0.2) is 0 Å². The average Bonchev–Trinajstić information content (AvgIpc) is 2.63. The number of amides is 3. The normalized spacial score (nSPS) is 14.8. The van der Waals surface area contributed by atoms with E-state index < -0.39 is 0 Å². The number of para-hydroxylation sites is 1. The lowest BCUT2D eigenvalue weighted by atomic mass is 10.0. The Balaban J connectivity index is 1.47. The van der Waals surface area contributed by atoms with Gasteiger partial charge in [0.05, 0.1) is 0 Å². The van der Waals surface area contributed by atoms with Crippen LogP contribution >= 0.6 is 22.6 Å². The molecule has 130 valence electrons. The maximum Gasteiger partial charge on any atom is 0.321 e. The van der Waals surface area contributed by atoms with Crippen LogP contribution in [-0.4, -0.2) is 36.0 Å². The quantitative estimate of drug-likeness (QED) is 0.702. The number of halogens is 1. The van der Waals surface area contributed by atoms with Crippen LogP contribution in [0.25, 0.3) is 0 Å². The van der Waals surface area contributed by atoms with Gasteiger partial charge in [-0.05, 0) is 71.8 Å². The highest BCUT2D eigenvalue weighted by molar-refractivity contribution is 14.1. The van der Waals surface area contributed by atoms with Crippen LogP contribution in [0.4, 0.5) is 10.5 Å². The van der Waals surface area contributed by atoms with Gasteiger partial charge in [-0.15, -0.1) is 0 Å². The third-order valence-corrected chi connectivity index (χ3v) is 4.97. The Labute approximate surface area is 160 Å². The van der Waals surface area contributed by atoms with Crippen molar-refractivity contribution < 1.29 is 9.59 Å². The molecule has 0 aromatic heterocycles.